The molecular weight excluding hydrogens is 465 g/mol. The van der Waals surface area contributed by atoms with Crippen molar-refractivity contribution in [2.24, 2.45) is 11.3 Å². The summed E-state index contributed by atoms with van der Waals surface area (Å²) >= 11 is 12.7. The molecule has 2 fully saturated rings. The molecule has 0 spiro atoms. The number of carbonyl (C=O) groups excluding carboxylic acids is 1. The molecule has 1 aliphatic heterocycles. The summed E-state index contributed by atoms with van der Waals surface area (Å²) in [5.74, 6) is 0.944. The molecule has 1 saturated heterocycles. The number of amides is 1. The molecule has 0 aromatic heterocycles. The lowest BCUT2D eigenvalue weighted by Gasteiger charge is -2.52. The molecule has 1 heterocycles. The van der Waals surface area contributed by atoms with Crippen molar-refractivity contribution in [3.8, 4) is 0 Å². The third-order valence-corrected chi connectivity index (χ3v) is 7.90. The van der Waals surface area contributed by atoms with Gasteiger partial charge in [-0.3, -0.25) is 4.79 Å². The van der Waals surface area contributed by atoms with Crippen molar-refractivity contribution >= 4 is 29.1 Å². The number of benzene rings is 2. The molecule has 0 bridgehead atoms. The van der Waals surface area contributed by atoms with E-state index in [1.54, 1.807) is 0 Å². The van der Waals surface area contributed by atoms with E-state index in [0.29, 0.717) is 29.0 Å². The number of ether oxygens (including phenoxy) is 1. The predicted molar refractivity (Wildman–Crippen MR) is 140 cm³/mol. The number of rotatable bonds is 10. The van der Waals surface area contributed by atoms with Crippen molar-refractivity contribution in [3.63, 3.8) is 0 Å². The van der Waals surface area contributed by atoms with E-state index >= 15 is 0 Å². The van der Waals surface area contributed by atoms with Gasteiger partial charge in [0, 0.05) is 22.6 Å². The number of nitrogens with zero attached hydrogens (tertiary/aromatic N) is 1. The fourth-order valence-electron chi connectivity index (χ4n) is 5.34. The Bertz CT molecular complexity index is 1000. The lowest BCUT2D eigenvalue weighted by Crippen LogP contribution is -2.56. The fourth-order valence-corrected chi connectivity index (χ4v) is 5.66. The molecule has 0 N–H and O–H groups in total. The van der Waals surface area contributed by atoms with Gasteiger partial charge in [0.1, 0.15) is 0 Å². The van der Waals surface area contributed by atoms with Gasteiger partial charge in [-0.2, -0.15) is 0 Å². The van der Waals surface area contributed by atoms with Crippen LogP contribution in [0.2, 0.25) is 10.0 Å². The average molecular weight is 501 g/mol. The van der Waals surface area contributed by atoms with Gasteiger partial charge in [-0.05, 0) is 73.4 Å². The Labute approximate surface area is 214 Å². The van der Waals surface area contributed by atoms with Gasteiger partial charge in [-0.15, -0.1) is 6.58 Å². The van der Waals surface area contributed by atoms with Crippen molar-refractivity contribution in [2.75, 3.05) is 13.2 Å². The van der Waals surface area contributed by atoms with Crippen LogP contribution in [0, 0.1) is 11.3 Å². The SMILES string of the molecule is C=CC[C@@]1(C)C[C@H](c2cccc(Cl)c2)[C@@H](c2ccc(Cl)cc2)N(C(CC)COCC2CC2)C1=O. The highest BCUT2D eigenvalue weighted by molar-refractivity contribution is 6.30. The van der Waals surface area contributed by atoms with Gasteiger partial charge in [0.25, 0.3) is 0 Å². The van der Waals surface area contributed by atoms with Crippen LogP contribution in [0.15, 0.2) is 61.2 Å². The lowest BCUT2D eigenvalue weighted by molar-refractivity contribution is -0.156. The first-order chi connectivity index (χ1) is 16.4. The first-order valence-corrected chi connectivity index (χ1v) is 13.1. The van der Waals surface area contributed by atoms with Gasteiger partial charge in [-0.1, -0.05) is 67.4 Å². The van der Waals surface area contributed by atoms with E-state index in [9.17, 15) is 4.79 Å². The zero-order chi connectivity index (χ0) is 24.3. The number of hydrogen-bond acceptors (Lipinski definition) is 2. The molecule has 2 aliphatic rings. The molecule has 34 heavy (non-hydrogen) atoms. The van der Waals surface area contributed by atoms with Crippen molar-refractivity contribution in [2.45, 2.75) is 64.0 Å². The Kier molecular flexibility index (Phi) is 8.07. The molecule has 1 saturated carbocycles. The molecule has 0 radical (unpaired) electrons. The van der Waals surface area contributed by atoms with E-state index in [1.807, 2.05) is 36.4 Å². The van der Waals surface area contributed by atoms with Crippen molar-refractivity contribution in [3.05, 3.63) is 82.4 Å². The first kappa shape index (κ1) is 25.3. The minimum Gasteiger partial charge on any atom is -0.379 e. The summed E-state index contributed by atoms with van der Waals surface area (Å²) in [7, 11) is 0. The van der Waals surface area contributed by atoms with Gasteiger partial charge >= 0.3 is 0 Å². The number of halogens is 2. The van der Waals surface area contributed by atoms with E-state index in [-0.39, 0.29) is 23.9 Å². The Morgan fingerprint density at radius 1 is 1.15 bits per heavy atom. The maximum absolute atomic E-state index is 14.2. The van der Waals surface area contributed by atoms with Crippen LogP contribution >= 0.6 is 23.2 Å². The molecular formula is C29H35Cl2NO2. The second-order valence-corrected chi connectivity index (χ2v) is 11.0. The molecule has 4 atom stereocenters. The molecule has 5 heteroatoms. The second-order valence-electron chi connectivity index (χ2n) is 10.2. The summed E-state index contributed by atoms with van der Waals surface area (Å²) in [4.78, 5) is 16.3. The van der Waals surface area contributed by atoms with E-state index in [0.717, 1.165) is 30.6 Å². The Morgan fingerprint density at radius 2 is 1.88 bits per heavy atom. The largest absolute Gasteiger partial charge is 0.379 e. The van der Waals surface area contributed by atoms with E-state index in [2.05, 4.69) is 43.5 Å². The second kappa shape index (κ2) is 10.8. The van der Waals surface area contributed by atoms with Crippen molar-refractivity contribution in [1.82, 2.24) is 4.90 Å². The molecule has 1 amide bonds. The number of likely N-dealkylation sites (tertiary alicyclic amines) is 1. The van der Waals surface area contributed by atoms with Crippen LogP contribution in [0.1, 0.15) is 69.0 Å². The summed E-state index contributed by atoms with van der Waals surface area (Å²) in [6, 6.07) is 15.9. The lowest BCUT2D eigenvalue weighted by atomic mass is 9.67. The molecule has 1 unspecified atom stereocenters. The fraction of sp³-hybridized carbons (Fsp3) is 0.483. The van der Waals surface area contributed by atoms with Crippen LogP contribution in [0.4, 0.5) is 0 Å². The minimum absolute atomic E-state index is 0.0157. The van der Waals surface area contributed by atoms with Crippen LogP contribution < -0.4 is 0 Å². The number of hydrogen-bond donors (Lipinski definition) is 0. The van der Waals surface area contributed by atoms with Crippen molar-refractivity contribution in [1.29, 1.82) is 0 Å². The van der Waals surface area contributed by atoms with Gasteiger partial charge in [0.15, 0.2) is 0 Å². The summed E-state index contributed by atoms with van der Waals surface area (Å²) in [6.07, 6.45) is 6.56. The first-order valence-electron chi connectivity index (χ1n) is 12.4. The minimum atomic E-state index is -0.540. The normalized spacial score (nSPS) is 25.9. The molecule has 2 aromatic rings. The maximum atomic E-state index is 14.2. The standard InChI is InChI=1S/C29H35Cl2NO2/c1-4-15-29(3)17-26(22-7-6-8-24(31)16-22)27(21-11-13-23(30)14-12-21)32(28(29)33)25(5-2)19-34-18-20-9-10-20/h4,6-8,11-14,16,20,25-27H,1,5,9-10,15,17-19H2,2-3H3/t25?,26-,27-,29+/m1/s1. The van der Waals surface area contributed by atoms with Gasteiger partial charge in [0.2, 0.25) is 5.91 Å². The van der Waals surface area contributed by atoms with Gasteiger partial charge in [0.05, 0.1) is 24.1 Å². The number of piperidine rings is 1. The topological polar surface area (TPSA) is 29.5 Å². The highest BCUT2D eigenvalue weighted by Gasteiger charge is 2.50. The summed E-state index contributed by atoms with van der Waals surface area (Å²) in [6.45, 7) is 9.53. The number of allylic oxidation sites excluding steroid dienone is 1. The van der Waals surface area contributed by atoms with Gasteiger partial charge < -0.3 is 9.64 Å². The van der Waals surface area contributed by atoms with Crippen LogP contribution in [0.5, 0.6) is 0 Å². The van der Waals surface area contributed by atoms with E-state index < -0.39 is 5.41 Å². The highest BCUT2D eigenvalue weighted by Crippen LogP contribution is 2.52. The Balaban J connectivity index is 1.79. The predicted octanol–water partition coefficient (Wildman–Crippen LogP) is 7.84. The Morgan fingerprint density at radius 3 is 2.50 bits per heavy atom. The quantitative estimate of drug-likeness (QED) is 0.311. The van der Waals surface area contributed by atoms with Crippen LogP contribution in [0.3, 0.4) is 0 Å². The molecule has 3 nitrogen and oxygen atoms in total. The smallest absolute Gasteiger partial charge is 0.229 e. The molecule has 2 aromatic carbocycles. The third kappa shape index (κ3) is 5.53. The maximum Gasteiger partial charge on any atom is 0.229 e. The summed E-state index contributed by atoms with van der Waals surface area (Å²) < 4.78 is 6.15. The molecule has 4 rings (SSSR count). The summed E-state index contributed by atoms with van der Waals surface area (Å²) in [5, 5.41) is 1.40. The van der Waals surface area contributed by atoms with Crippen LogP contribution in [-0.2, 0) is 9.53 Å². The zero-order valence-corrected chi connectivity index (χ0v) is 21.7. The zero-order valence-electron chi connectivity index (χ0n) is 20.2. The van der Waals surface area contributed by atoms with E-state index in [1.165, 1.54) is 12.8 Å². The number of carbonyl (C=O) groups is 1. The highest BCUT2D eigenvalue weighted by atomic mass is 35.5. The van der Waals surface area contributed by atoms with Gasteiger partial charge in [-0.25, -0.2) is 0 Å². The molecule has 1 aliphatic carbocycles. The monoisotopic (exact) mass is 499 g/mol. The van der Waals surface area contributed by atoms with Crippen LogP contribution in [-0.4, -0.2) is 30.1 Å². The van der Waals surface area contributed by atoms with Crippen molar-refractivity contribution < 1.29 is 9.53 Å². The third-order valence-electron chi connectivity index (χ3n) is 7.41. The molecule has 182 valence electrons. The Hall–Kier alpha value is -1.81. The summed E-state index contributed by atoms with van der Waals surface area (Å²) in [5.41, 5.74) is 1.69. The van der Waals surface area contributed by atoms with Crippen LogP contribution in [0.25, 0.3) is 0 Å². The average Bonchev–Trinajstić information content (AvgIpc) is 3.64. The van der Waals surface area contributed by atoms with E-state index in [4.69, 9.17) is 27.9 Å².